The van der Waals surface area contributed by atoms with E-state index in [0.717, 1.165) is 0 Å². The van der Waals surface area contributed by atoms with E-state index in [1.807, 2.05) is 18.7 Å². The molecule has 1 aromatic heterocycles. The number of nitrogens with zero attached hydrogens (tertiary/aromatic N) is 4. The van der Waals surface area contributed by atoms with Gasteiger partial charge in [-0.2, -0.15) is 13.2 Å². The Kier molecular flexibility index (Phi) is 7.61. The van der Waals surface area contributed by atoms with Gasteiger partial charge in [-0.05, 0) is 19.9 Å². The van der Waals surface area contributed by atoms with E-state index in [0.29, 0.717) is 45.8 Å². The number of halogens is 3. The predicted molar refractivity (Wildman–Crippen MR) is 96.1 cm³/mol. The van der Waals surface area contributed by atoms with E-state index in [2.05, 4.69) is 9.72 Å². The van der Waals surface area contributed by atoms with Crippen molar-refractivity contribution in [2.75, 3.05) is 52.4 Å². The van der Waals surface area contributed by atoms with Gasteiger partial charge in [-0.3, -0.25) is 14.5 Å². The van der Waals surface area contributed by atoms with Crippen molar-refractivity contribution in [2.24, 2.45) is 0 Å². The van der Waals surface area contributed by atoms with E-state index >= 15 is 0 Å². The SMILES string of the molecule is CCN(CC)C(=O)CN1CCN(C(=O)c2ccc(OCC(F)(F)F)nc2)CC1. The number of hydrogen-bond acceptors (Lipinski definition) is 5. The minimum absolute atomic E-state index is 0.0726. The molecule has 0 radical (unpaired) electrons. The predicted octanol–water partition coefficient (Wildman–Crippen LogP) is 1.65. The van der Waals surface area contributed by atoms with Gasteiger partial charge in [0.15, 0.2) is 6.61 Å². The number of carbonyl (C=O) groups excluding carboxylic acids is 2. The molecule has 28 heavy (non-hydrogen) atoms. The number of likely N-dealkylation sites (N-methyl/N-ethyl adjacent to an activating group) is 1. The summed E-state index contributed by atoms with van der Waals surface area (Å²) in [5.41, 5.74) is 0.284. The van der Waals surface area contributed by atoms with Crippen LogP contribution >= 0.6 is 0 Å². The van der Waals surface area contributed by atoms with Gasteiger partial charge in [0.05, 0.1) is 12.1 Å². The molecule has 7 nitrogen and oxygen atoms in total. The smallest absolute Gasteiger partial charge is 0.422 e. The van der Waals surface area contributed by atoms with E-state index in [4.69, 9.17) is 0 Å². The van der Waals surface area contributed by atoms with Crippen LogP contribution in [-0.4, -0.2) is 90.1 Å². The van der Waals surface area contributed by atoms with Crippen molar-refractivity contribution in [1.82, 2.24) is 19.7 Å². The van der Waals surface area contributed by atoms with Crippen LogP contribution in [0.2, 0.25) is 0 Å². The van der Waals surface area contributed by atoms with Crippen molar-refractivity contribution in [3.63, 3.8) is 0 Å². The van der Waals surface area contributed by atoms with Crippen LogP contribution in [-0.2, 0) is 4.79 Å². The lowest BCUT2D eigenvalue weighted by Crippen LogP contribution is -2.51. The molecule has 156 valence electrons. The number of pyridine rings is 1. The molecule has 0 N–H and O–H groups in total. The first-order valence-electron chi connectivity index (χ1n) is 9.18. The van der Waals surface area contributed by atoms with Crippen molar-refractivity contribution in [3.8, 4) is 5.88 Å². The summed E-state index contributed by atoms with van der Waals surface area (Å²) in [5.74, 6) is -0.360. The van der Waals surface area contributed by atoms with Crippen LogP contribution in [0.25, 0.3) is 0 Å². The van der Waals surface area contributed by atoms with Crippen molar-refractivity contribution in [2.45, 2.75) is 20.0 Å². The Bertz CT molecular complexity index is 655. The van der Waals surface area contributed by atoms with Crippen LogP contribution in [0.3, 0.4) is 0 Å². The quantitative estimate of drug-likeness (QED) is 0.694. The average Bonchev–Trinajstić information content (AvgIpc) is 2.67. The van der Waals surface area contributed by atoms with Crippen molar-refractivity contribution in [1.29, 1.82) is 0 Å². The molecule has 0 saturated carbocycles. The number of piperazine rings is 1. The third kappa shape index (κ3) is 6.36. The molecule has 1 fully saturated rings. The lowest BCUT2D eigenvalue weighted by atomic mass is 10.2. The summed E-state index contributed by atoms with van der Waals surface area (Å²) in [6, 6.07) is 2.65. The topological polar surface area (TPSA) is 66.0 Å². The number of aromatic nitrogens is 1. The second kappa shape index (κ2) is 9.72. The Balaban J connectivity index is 1.84. The largest absolute Gasteiger partial charge is 0.468 e. The zero-order chi connectivity index (χ0) is 20.7. The number of ether oxygens (including phenoxy) is 1. The average molecular weight is 402 g/mol. The van der Waals surface area contributed by atoms with E-state index in [1.165, 1.54) is 18.3 Å². The lowest BCUT2D eigenvalue weighted by molar-refractivity contribution is -0.154. The lowest BCUT2D eigenvalue weighted by Gasteiger charge is -2.35. The highest BCUT2D eigenvalue weighted by Gasteiger charge is 2.29. The van der Waals surface area contributed by atoms with Gasteiger partial charge in [0.25, 0.3) is 5.91 Å². The Morgan fingerprint density at radius 2 is 1.79 bits per heavy atom. The first-order valence-corrected chi connectivity index (χ1v) is 9.18. The Hall–Kier alpha value is -2.36. The van der Waals surface area contributed by atoms with Gasteiger partial charge in [-0.15, -0.1) is 0 Å². The Morgan fingerprint density at radius 1 is 1.14 bits per heavy atom. The number of carbonyl (C=O) groups is 2. The highest BCUT2D eigenvalue weighted by Crippen LogP contribution is 2.17. The second-order valence-corrected chi connectivity index (χ2v) is 6.42. The first-order chi connectivity index (χ1) is 13.2. The second-order valence-electron chi connectivity index (χ2n) is 6.42. The van der Waals surface area contributed by atoms with Crippen LogP contribution in [0.15, 0.2) is 18.3 Å². The molecule has 0 atom stereocenters. The fourth-order valence-corrected chi connectivity index (χ4v) is 2.91. The molecule has 2 rings (SSSR count). The molecule has 1 aromatic rings. The molecule has 1 aliphatic heterocycles. The molecule has 0 bridgehead atoms. The molecule has 0 unspecified atom stereocenters. The molecule has 0 spiro atoms. The van der Waals surface area contributed by atoms with Crippen LogP contribution in [0.1, 0.15) is 24.2 Å². The summed E-state index contributed by atoms with van der Waals surface area (Å²) in [5, 5.41) is 0. The maximum atomic E-state index is 12.5. The molecular formula is C18H25F3N4O3. The van der Waals surface area contributed by atoms with Gasteiger partial charge in [-0.1, -0.05) is 0 Å². The maximum absolute atomic E-state index is 12.5. The van der Waals surface area contributed by atoms with Gasteiger partial charge >= 0.3 is 6.18 Å². The molecule has 0 aromatic carbocycles. The standard InChI is InChI=1S/C18H25F3N4O3/c1-3-24(4-2)16(26)12-23-7-9-25(10-8-23)17(27)14-5-6-15(22-11-14)28-13-18(19,20)21/h5-6,11H,3-4,7-10,12-13H2,1-2H3. The summed E-state index contributed by atoms with van der Waals surface area (Å²) in [6.07, 6.45) is -3.23. The third-order valence-electron chi connectivity index (χ3n) is 4.50. The number of rotatable bonds is 7. The van der Waals surface area contributed by atoms with E-state index < -0.39 is 12.8 Å². The third-order valence-corrected chi connectivity index (χ3v) is 4.50. The minimum atomic E-state index is -4.44. The fourth-order valence-electron chi connectivity index (χ4n) is 2.91. The van der Waals surface area contributed by atoms with Gasteiger partial charge in [0.1, 0.15) is 0 Å². The molecule has 0 aliphatic carbocycles. The van der Waals surface area contributed by atoms with Crippen LogP contribution in [0, 0.1) is 0 Å². The molecule has 1 aliphatic rings. The highest BCUT2D eigenvalue weighted by molar-refractivity contribution is 5.94. The Morgan fingerprint density at radius 3 is 2.29 bits per heavy atom. The summed E-state index contributed by atoms with van der Waals surface area (Å²) < 4.78 is 41.0. The number of hydrogen-bond donors (Lipinski definition) is 0. The van der Waals surface area contributed by atoms with Gasteiger partial charge in [-0.25, -0.2) is 4.98 Å². The first kappa shape index (κ1) is 21.9. The van der Waals surface area contributed by atoms with Crippen LogP contribution < -0.4 is 4.74 Å². The monoisotopic (exact) mass is 402 g/mol. The van der Waals surface area contributed by atoms with Crippen molar-refractivity contribution >= 4 is 11.8 Å². The zero-order valence-electron chi connectivity index (χ0n) is 16.0. The van der Waals surface area contributed by atoms with Gasteiger partial charge in [0.2, 0.25) is 11.8 Å². The molecular weight excluding hydrogens is 377 g/mol. The zero-order valence-corrected chi connectivity index (χ0v) is 16.0. The highest BCUT2D eigenvalue weighted by atomic mass is 19.4. The van der Waals surface area contributed by atoms with E-state index in [1.54, 1.807) is 9.80 Å². The maximum Gasteiger partial charge on any atom is 0.422 e. The molecule has 10 heteroatoms. The molecule has 2 amide bonds. The fraction of sp³-hybridized carbons (Fsp3) is 0.611. The number of alkyl halides is 3. The van der Waals surface area contributed by atoms with Crippen molar-refractivity contribution in [3.05, 3.63) is 23.9 Å². The number of amides is 2. The van der Waals surface area contributed by atoms with Crippen molar-refractivity contribution < 1.29 is 27.5 Å². The normalized spacial score (nSPS) is 15.4. The van der Waals surface area contributed by atoms with Gasteiger partial charge in [0, 0.05) is 51.5 Å². The van der Waals surface area contributed by atoms with Crippen LogP contribution in [0.4, 0.5) is 13.2 Å². The van der Waals surface area contributed by atoms with Gasteiger partial charge < -0.3 is 14.5 Å². The summed E-state index contributed by atoms with van der Waals surface area (Å²) in [6.45, 7) is 6.22. The minimum Gasteiger partial charge on any atom is -0.468 e. The molecule has 1 saturated heterocycles. The van der Waals surface area contributed by atoms with E-state index in [9.17, 15) is 22.8 Å². The molecule has 2 heterocycles. The van der Waals surface area contributed by atoms with E-state index in [-0.39, 0.29) is 23.3 Å². The summed E-state index contributed by atoms with van der Waals surface area (Å²) in [4.78, 5) is 33.9. The van der Waals surface area contributed by atoms with Crippen LogP contribution in [0.5, 0.6) is 5.88 Å². The summed E-state index contributed by atoms with van der Waals surface area (Å²) in [7, 11) is 0. The summed E-state index contributed by atoms with van der Waals surface area (Å²) >= 11 is 0. The Labute approximate surface area is 162 Å².